The number of carbonyl (C=O) groups is 1. The third kappa shape index (κ3) is 3.06. The zero-order valence-electron chi connectivity index (χ0n) is 11.5. The predicted octanol–water partition coefficient (Wildman–Crippen LogP) is 2.71. The summed E-state index contributed by atoms with van der Waals surface area (Å²) in [7, 11) is 0. The van der Waals surface area contributed by atoms with E-state index in [4.69, 9.17) is 16.0 Å². The standard InChI is InChI=1S/C14H15ClN4O2/c1-8-4-5-9(15)7-10(8)12(20)17-14-19-18-13(21-14)11-3-2-6-16-11/h4-5,7,11,16H,2-3,6H2,1H3,(H,17,19,20). The van der Waals surface area contributed by atoms with Crippen molar-refractivity contribution in [3.63, 3.8) is 0 Å². The highest BCUT2D eigenvalue weighted by Crippen LogP contribution is 2.23. The van der Waals surface area contributed by atoms with Crippen LogP contribution in [0.2, 0.25) is 5.02 Å². The summed E-state index contributed by atoms with van der Waals surface area (Å²) in [5.74, 6) is 0.190. The number of aryl methyl sites for hydroxylation is 1. The normalized spacial score (nSPS) is 17.9. The Kier molecular flexibility index (Phi) is 3.90. The first kappa shape index (κ1) is 14.0. The van der Waals surface area contributed by atoms with Gasteiger partial charge in [0.2, 0.25) is 5.89 Å². The summed E-state index contributed by atoms with van der Waals surface area (Å²) in [5.41, 5.74) is 1.32. The van der Waals surface area contributed by atoms with Crippen molar-refractivity contribution in [2.24, 2.45) is 0 Å². The topological polar surface area (TPSA) is 80.0 Å². The van der Waals surface area contributed by atoms with Gasteiger partial charge >= 0.3 is 6.01 Å². The maximum absolute atomic E-state index is 12.2. The van der Waals surface area contributed by atoms with Crippen LogP contribution in [0.5, 0.6) is 0 Å². The van der Waals surface area contributed by atoms with Crippen LogP contribution in [0, 0.1) is 6.92 Å². The summed E-state index contributed by atoms with van der Waals surface area (Å²) in [4.78, 5) is 12.2. The molecule has 1 aliphatic rings. The summed E-state index contributed by atoms with van der Waals surface area (Å²) >= 11 is 5.91. The number of halogens is 1. The molecule has 0 aliphatic carbocycles. The van der Waals surface area contributed by atoms with Crippen molar-refractivity contribution in [1.82, 2.24) is 15.5 Å². The third-order valence-corrected chi connectivity index (χ3v) is 3.70. The molecule has 1 aromatic heterocycles. The van der Waals surface area contributed by atoms with Crippen LogP contribution in [0.15, 0.2) is 22.6 Å². The lowest BCUT2D eigenvalue weighted by molar-refractivity contribution is 0.102. The Morgan fingerprint density at radius 2 is 2.33 bits per heavy atom. The van der Waals surface area contributed by atoms with E-state index in [9.17, 15) is 4.79 Å². The van der Waals surface area contributed by atoms with Crippen molar-refractivity contribution in [3.05, 3.63) is 40.2 Å². The van der Waals surface area contributed by atoms with Crippen molar-refractivity contribution in [3.8, 4) is 0 Å². The second kappa shape index (κ2) is 5.83. The van der Waals surface area contributed by atoms with E-state index >= 15 is 0 Å². The van der Waals surface area contributed by atoms with Crippen LogP contribution in [0.25, 0.3) is 0 Å². The molecule has 2 heterocycles. The molecule has 6 nitrogen and oxygen atoms in total. The van der Waals surface area contributed by atoms with Gasteiger partial charge in [-0.15, -0.1) is 5.10 Å². The van der Waals surface area contributed by atoms with Gasteiger partial charge in [0.1, 0.15) is 0 Å². The van der Waals surface area contributed by atoms with E-state index in [-0.39, 0.29) is 18.0 Å². The average Bonchev–Trinajstić information content (AvgIpc) is 3.11. The number of hydrogen-bond donors (Lipinski definition) is 2. The molecule has 0 bridgehead atoms. The van der Waals surface area contributed by atoms with Crippen LogP contribution in [0.3, 0.4) is 0 Å². The van der Waals surface area contributed by atoms with Crippen molar-refractivity contribution >= 4 is 23.5 Å². The first-order chi connectivity index (χ1) is 10.1. The minimum absolute atomic E-state index is 0.0797. The first-order valence-corrected chi connectivity index (χ1v) is 7.15. The number of nitrogens with zero attached hydrogens (tertiary/aromatic N) is 2. The van der Waals surface area contributed by atoms with Crippen LogP contribution in [0.1, 0.15) is 40.7 Å². The number of nitrogens with one attached hydrogen (secondary N) is 2. The summed E-state index contributed by atoms with van der Waals surface area (Å²) in [6.07, 6.45) is 2.04. The number of anilines is 1. The lowest BCUT2D eigenvalue weighted by Crippen LogP contribution is -2.14. The fourth-order valence-electron chi connectivity index (χ4n) is 2.32. The Bertz CT molecular complexity index is 665. The monoisotopic (exact) mass is 306 g/mol. The van der Waals surface area contributed by atoms with Gasteiger partial charge < -0.3 is 9.73 Å². The van der Waals surface area contributed by atoms with Crippen molar-refractivity contribution in [2.45, 2.75) is 25.8 Å². The predicted molar refractivity (Wildman–Crippen MR) is 78.4 cm³/mol. The quantitative estimate of drug-likeness (QED) is 0.911. The van der Waals surface area contributed by atoms with E-state index in [1.165, 1.54) is 0 Å². The minimum Gasteiger partial charge on any atom is -0.406 e. The molecule has 110 valence electrons. The molecule has 1 aliphatic heterocycles. The smallest absolute Gasteiger partial charge is 0.322 e. The highest BCUT2D eigenvalue weighted by atomic mass is 35.5. The lowest BCUT2D eigenvalue weighted by atomic mass is 10.1. The fourth-order valence-corrected chi connectivity index (χ4v) is 2.50. The summed E-state index contributed by atoms with van der Waals surface area (Å²) < 4.78 is 5.48. The molecule has 1 fully saturated rings. The summed E-state index contributed by atoms with van der Waals surface area (Å²) in [6.45, 7) is 2.78. The maximum atomic E-state index is 12.2. The van der Waals surface area contributed by atoms with E-state index in [1.807, 2.05) is 6.92 Å². The molecule has 0 spiro atoms. The molecule has 3 rings (SSSR count). The Morgan fingerprint density at radius 1 is 1.48 bits per heavy atom. The Balaban J connectivity index is 1.74. The van der Waals surface area contributed by atoms with E-state index in [0.717, 1.165) is 24.9 Å². The molecular formula is C14H15ClN4O2. The molecule has 1 atom stereocenters. The van der Waals surface area contributed by atoms with Gasteiger partial charge in [0.15, 0.2) is 0 Å². The molecule has 1 saturated heterocycles. The summed E-state index contributed by atoms with van der Waals surface area (Å²) in [5, 5.41) is 14.2. The Hall–Kier alpha value is -1.92. The summed E-state index contributed by atoms with van der Waals surface area (Å²) in [6, 6.07) is 5.32. The largest absolute Gasteiger partial charge is 0.406 e. The Morgan fingerprint density at radius 3 is 3.10 bits per heavy atom. The van der Waals surface area contributed by atoms with Crippen LogP contribution in [0.4, 0.5) is 6.01 Å². The first-order valence-electron chi connectivity index (χ1n) is 6.78. The van der Waals surface area contributed by atoms with Gasteiger partial charge in [0.25, 0.3) is 5.91 Å². The zero-order valence-corrected chi connectivity index (χ0v) is 12.3. The number of benzene rings is 1. The molecule has 1 unspecified atom stereocenters. The number of rotatable bonds is 3. The van der Waals surface area contributed by atoms with Gasteiger partial charge in [-0.3, -0.25) is 10.1 Å². The van der Waals surface area contributed by atoms with Gasteiger partial charge in [0.05, 0.1) is 6.04 Å². The molecule has 21 heavy (non-hydrogen) atoms. The Labute approximate surface area is 126 Å². The fraction of sp³-hybridized carbons (Fsp3) is 0.357. The molecule has 7 heteroatoms. The molecule has 1 amide bonds. The van der Waals surface area contributed by atoms with Crippen molar-refractivity contribution in [2.75, 3.05) is 11.9 Å². The van der Waals surface area contributed by atoms with Crippen LogP contribution >= 0.6 is 11.6 Å². The highest BCUT2D eigenvalue weighted by molar-refractivity contribution is 6.31. The number of carbonyl (C=O) groups excluding carboxylic acids is 1. The molecular weight excluding hydrogens is 292 g/mol. The molecule has 1 aromatic carbocycles. The van der Waals surface area contributed by atoms with Crippen molar-refractivity contribution in [1.29, 1.82) is 0 Å². The van der Waals surface area contributed by atoms with Gasteiger partial charge in [-0.25, -0.2) is 0 Å². The van der Waals surface area contributed by atoms with Gasteiger partial charge in [-0.1, -0.05) is 22.8 Å². The van der Waals surface area contributed by atoms with Gasteiger partial charge in [-0.2, -0.15) is 0 Å². The molecule has 0 saturated carbocycles. The zero-order chi connectivity index (χ0) is 14.8. The van der Waals surface area contributed by atoms with E-state index < -0.39 is 0 Å². The van der Waals surface area contributed by atoms with E-state index in [0.29, 0.717) is 16.5 Å². The van der Waals surface area contributed by atoms with E-state index in [1.54, 1.807) is 18.2 Å². The van der Waals surface area contributed by atoms with Gasteiger partial charge in [-0.05, 0) is 44.0 Å². The second-order valence-corrected chi connectivity index (χ2v) is 5.44. The maximum Gasteiger partial charge on any atom is 0.322 e. The molecule has 2 N–H and O–H groups in total. The number of amides is 1. The molecule has 0 radical (unpaired) electrons. The SMILES string of the molecule is Cc1ccc(Cl)cc1C(=O)Nc1nnc(C2CCCN2)o1. The number of hydrogen-bond acceptors (Lipinski definition) is 5. The van der Waals surface area contributed by atoms with E-state index in [2.05, 4.69) is 20.8 Å². The van der Waals surface area contributed by atoms with Crippen LogP contribution in [-0.4, -0.2) is 22.6 Å². The lowest BCUT2D eigenvalue weighted by Gasteiger charge is -2.05. The molecule has 2 aromatic rings. The second-order valence-electron chi connectivity index (χ2n) is 5.01. The van der Waals surface area contributed by atoms with Crippen LogP contribution < -0.4 is 10.6 Å². The highest BCUT2D eigenvalue weighted by Gasteiger charge is 2.22. The van der Waals surface area contributed by atoms with Crippen molar-refractivity contribution < 1.29 is 9.21 Å². The average molecular weight is 307 g/mol. The number of aromatic nitrogens is 2. The van der Waals surface area contributed by atoms with Crippen LogP contribution in [-0.2, 0) is 0 Å². The third-order valence-electron chi connectivity index (χ3n) is 3.46. The van der Waals surface area contributed by atoms with Gasteiger partial charge in [0, 0.05) is 10.6 Å². The minimum atomic E-state index is -0.315.